The Balaban J connectivity index is 1.88. The lowest BCUT2D eigenvalue weighted by molar-refractivity contribution is -0.135. The molecule has 1 aliphatic heterocycles. The van der Waals surface area contributed by atoms with Gasteiger partial charge in [-0.2, -0.15) is 4.72 Å². The van der Waals surface area contributed by atoms with Gasteiger partial charge in [0, 0.05) is 13.1 Å². The fraction of sp³-hybridized carbons (Fsp3) is 0.429. The Bertz CT molecular complexity index is 1210. The molecule has 1 aliphatic rings. The SMILES string of the molecule is NC(N)=NCCC[C@H](NS(=O)(=O)c1ccc2ccccc2c1)C(=O)N1CCCCC1P(=O)(O)O. The number of carbonyl (C=O) groups is 1. The molecule has 2 aromatic carbocycles. The Morgan fingerprint density at radius 2 is 1.88 bits per heavy atom. The molecule has 13 heteroatoms. The number of amides is 1. The number of aliphatic imine (C=N–C) groups is 1. The van der Waals surface area contributed by atoms with E-state index in [2.05, 4.69) is 9.71 Å². The molecule has 11 nitrogen and oxygen atoms in total. The number of likely N-dealkylation sites (tertiary alicyclic amines) is 1. The zero-order chi connectivity index (χ0) is 24.9. The van der Waals surface area contributed by atoms with E-state index in [1.54, 1.807) is 18.2 Å². The van der Waals surface area contributed by atoms with Crippen molar-refractivity contribution < 1.29 is 27.6 Å². The molecule has 34 heavy (non-hydrogen) atoms. The third-order valence-electron chi connectivity index (χ3n) is 5.71. The van der Waals surface area contributed by atoms with Gasteiger partial charge < -0.3 is 26.2 Å². The van der Waals surface area contributed by atoms with Crippen molar-refractivity contribution in [2.75, 3.05) is 13.1 Å². The number of carbonyl (C=O) groups excluding carboxylic acids is 1. The van der Waals surface area contributed by atoms with E-state index in [0.29, 0.717) is 12.8 Å². The summed E-state index contributed by atoms with van der Waals surface area (Å²) < 4.78 is 40.8. The molecule has 1 unspecified atom stereocenters. The van der Waals surface area contributed by atoms with Crippen LogP contribution in [0.4, 0.5) is 0 Å². The van der Waals surface area contributed by atoms with Gasteiger partial charge in [-0.05, 0) is 55.0 Å². The van der Waals surface area contributed by atoms with Crippen LogP contribution in [-0.2, 0) is 19.4 Å². The highest BCUT2D eigenvalue weighted by Crippen LogP contribution is 2.47. The predicted octanol–water partition coefficient (Wildman–Crippen LogP) is 1.06. The van der Waals surface area contributed by atoms with Gasteiger partial charge >= 0.3 is 7.60 Å². The molecule has 186 valence electrons. The van der Waals surface area contributed by atoms with Gasteiger partial charge in [-0.15, -0.1) is 0 Å². The summed E-state index contributed by atoms with van der Waals surface area (Å²) in [5.41, 5.74) is 10.7. The van der Waals surface area contributed by atoms with Crippen LogP contribution < -0.4 is 16.2 Å². The molecule has 2 atom stereocenters. The number of sulfonamides is 1. The molecule has 7 N–H and O–H groups in total. The second kappa shape index (κ2) is 10.8. The zero-order valence-electron chi connectivity index (χ0n) is 18.6. The van der Waals surface area contributed by atoms with E-state index in [4.69, 9.17) is 11.5 Å². The van der Waals surface area contributed by atoms with Crippen molar-refractivity contribution in [3.05, 3.63) is 42.5 Å². The number of nitrogens with zero attached hydrogens (tertiary/aromatic N) is 2. The minimum atomic E-state index is -4.60. The third kappa shape index (κ3) is 6.55. The summed E-state index contributed by atoms with van der Waals surface area (Å²) in [6.45, 7) is 0.308. The van der Waals surface area contributed by atoms with Crippen molar-refractivity contribution in [1.29, 1.82) is 0 Å². The fourth-order valence-corrected chi connectivity index (χ4v) is 6.42. The molecule has 1 heterocycles. The smallest absolute Gasteiger partial charge is 0.347 e. The number of rotatable bonds is 9. The maximum absolute atomic E-state index is 13.4. The van der Waals surface area contributed by atoms with Crippen molar-refractivity contribution >= 4 is 40.3 Å². The Kier molecular flexibility index (Phi) is 8.32. The molecule has 0 radical (unpaired) electrons. The summed E-state index contributed by atoms with van der Waals surface area (Å²) in [5.74, 6) is -2.08. The number of benzene rings is 2. The first-order valence-electron chi connectivity index (χ1n) is 10.9. The average molecular weight is 512 g/mol. The summed E-state index contributed by atoms with van der Waals surface area (Å²) in [7, 11) is -8.72. The maximum atomic E-state index is 13.4. The molecular weight excluding hydrogens is 481 g/mol. The monoisotopic (exact) mass is 511 g/mol. The Hall–Kier alpha value is -2.50. The largest absolute Gasteiger partial charge is 0.370 e. The van der Waals surface area contributed by atoms with E-state index in [1.807, 2.05) is 12.1 Å². The Labute approximate surface area is 198 Å². The molecule has 3 rings (SSSR count). The minimum Gasteiger partial charge on any atom is -0.370 e. The van der Waals surface area contributed by atoms with Crippen molar-refractivity contribution in [1.82, 2.24) is 9.62 Å². The lowest BCUT2D eigenvalue weighted by Gasteiger charge is -2.37. The maximum Gasteiger partial charge on any atom is 0.347 e. The Morgan fingerprint density at radius 1 is 1.18 bits per heavy atom. The minimum absolute atomic E-state index is 0.0154. The average Bonchev–Trinajstić information content (AvgIpc) is 2.79. The fourth-order valence-electron chi connectivity index (χ4n) is 4.05. The van der Waals surface area contributed by atoms with Crippen LogP contribution in [0.3, 0.4) is 0 Å². The quantitative estimate of drug-likeness (QED) is 0.143. The second-order valence-electron chi connectivity index (χ2n) is 8.23. The summed E-state index contributed by atoms with van der Waals surface area (Å²) in [6.07, 6.45) is 1.61. The van der Waals surface area contributed by atoms with E-state index in [9.17, 15) is 27.6 Å². The van der Waals surface area contributed by atoms with E-state index < -0.39 is 35.4 Å². The molecule has 1 amide bonds. The molecule has 2 aromatic rings. The number of hydrogen-bond donors (Lipinski definition) is 5. The molecule has 0 saturated carbocycles. The Morgan fingerprint density at radius 3 is 2.56 bits per heavy atom. The molecule has 1 saturated heterocycles. The number of fused-ring (bicyclic) bond motifs is 1. The molecule has 0 spiro atoms. The highest BCUT2D eigenvalue weighted by molar-refractivity contribution is 7.89. The molecule has 0 aromatic heterocycles. The molecular formula is C21H30N5O6PS. The highest BCUT2D eigenvalue weighted by Gasteiger charge is 2.41. The van der Waals surface area contributed by atoms with Crippen molar-refractivity contribution in [2.45, 2.75) is 48.8 Å². The van der Waals surface area contributed by atoms with Crippen LogP contribution >= 0.6 is 7.60 Å². The third-order valence-corrected chi connectivity index (χ3v) is 8.50. The van der Waals surface area contributed by atoms with Gasteiger partial charge in [-0.25, -0.2) is 8.42 Å². The van der Waals surface area contributed by atoms with Gasteiger partial charge in [0.25, 0.3) is 0 Å². The summed E-state index contributed by atoms with van der Waals surface area (Å²) in [4.78, 5) is 37.9. The molecule has 0 bridgehead atoms. The predicted molar refractivity (Wildman–Crippen MR) is 129 cm³/mol. The van der Waals surface area contributed by atoms with Crippen molar-refractivity contribution in [2.24, 2.45) is 16.5 Å². The highest BCUT2D eigenvalue weighted by atomic mass is 32.2. The lowest BCUT2D eigenvalue weighted by Crippen LogP contribution is -2.53. The van der Waals surface area contributed by atoms with E-state index in [1.165, 1.54) is 12.1 Å². The van der Waals surface area contributed by atoms with Crippen LogP contribution in [-0.4, -0.2) is 59.9 Å². The van der Waals surface area contributed by atoms with Crippen LogP contribution in [0.25, 0.3) is 10.8 Å². The van der Waals surface area contributed by atoms with Crippen LogP contribution in [0.1, 0.15) is 32.1 Å². The van der Waals surface area contributed by atoms with Crippen LogP contribution in [0.15, 0.2) is 52.4 Å². The van der Waals surface area contributed by atoms with Crippen LogP contribution in [0, 0.1) is 0 Å². The number of guanidine groups is 1. The van der Waals surface area contributed by atoms with Gasteiger partial charge in [0.2, 0.25) is 15.9 Å². The van der Waals surface area contributed by atoms with Gasteiger partial charge in [0.1, 0.15) is 11.8 Å². The van der Waals surface area contributed by atoms with Gasteiger partial charge in [-0.3, -0.25) is 14.4 Å². The first-order chi connectivity index (χ1) is 16.0. The standard InChI is InChI=1S/C21H30N5O6PS/c22-21(23)24-12-5-8-18(20(27)26-13-4-3-9-19(26)33(28,29)30)25-34(31,32)17-11-10-15-6-1-2-7-16(15)14-17/h1-2,6-7,10-11,14,18-19,25H,3-5,8-9,12-13H2,(H4,22,23,24)(H2,28,29,30)/t18-,19?/m0/s1. The van der Waals surface area contributed by atoms with Crippen LogP contribution in [0.5, 0.6) is 0 Å². The number of piperidine rings is 1. The van der Waals surface area contributed by atoms with Crippen LogP contribution in [0.2, 0.25) is 0 Å². The topological polar surface area (TPSA) is 188 Å². The second-order valence-corrected chi connectivity index (χ2v) is 11.7. The number of nitrogens with two attached hydrogens (primary N) is 2. The number of nitrogens with one attached hydrogen (secondary N) is 1. The number of hydrogen-bond acceptors (Lipinski definition) is 5. The first-order valence-corrected chi connectivity index (χ1v) is 14.1. The first kappa shape index (κ1) is 26.1. The van der Waals surface area contributed by atoms with Crippen molar-refractivity contribution in [3.63, 3.8) is 0 Å². The zero-order valence-corrected chi connectivity index (χ0v) is 20.3. The van der Waals surface area contributed by atoms with E-state index >= 15 is 0 Å². The molecule has 1 fully saturated rings. The normalized spacial score (nSPS) is 17.9. The molecule has 0 aliphatic carbocycles. The van der Waals surface area contributed by atoms with E-state index in [0.717, 1.165) is 15.7 Å². The lowest BCUT2D eigenvalue weighted by atomic mass is 10.1. The summed E-state index contributed by atoms with van der Waals surface area (Å²) >= 11 is 0. The van der Waals surface area contributed by atoms with Gasteiger partial charge in [-0.1, -0.05) is 30.3 Å². The van der Waals surface area contributed by atoms with Gasteiger partial charge in [0.15, 0.2) is 5.96 Å². The van der Waals surface area contributed by atoms with E-state index in [-0.39, 0.29) is 43.2 Å². The van der Waals surface area contributed by atoms with Crippen molar-refractivity contribution in [3.8, 4) is 0 Å². The summed E-state index contributed by atoms with van der Waals surface area (Å²) in [6, 6.07) is 10.7. The van der Waals surface area contributed by atoms with Gasteiger partial charge in [0.05, 0.1) is 4.90 Å². The summed E-state index contributed by atoms with van der Waals surface area (Å²) in [5, 5.41) is 1.59.